The Kier molecular flexibility index (Phi) is 4.12. The van der Waals surface area contributed by atoms with Gasteiger partial charge in [-0.2, -0.15) is 4.31 Å². The molecule has 1 unspecified atom stereocenters. The van der Waals surface area contributed by atoms with E-state index in [4.69, 9.17) is 11.6 Å². The summed E-state index contributed by atoms with van der Waals surface area (Å²) < 4.78 is 26.9. The van der Waals surface area contributed by atoms with E-state index in [1.165, 1.54) is 10.4 Å². The van der Waals surface area contributed by atoms with Crippen molar-refractivity contribution in [1.82, 2.24) is 4.31 Å². The topological polar surface area (TPSA) is 57.6 Å². The molecule has 4 nitrogen and oxygen atoms in total. The largest absolute Gasteiger partial charge is 0.389 e. The van der Waals surface area contributed by atoms with Crippen LogP contribution < -0.4 is 0 Å². The lowest BCUT2D eigenvalue weighted by Gasteiger charge is -2.35. The van der Waals surface area contributed by atoms with Gasteiger partial charge in [0.25, 0.3) is 10.0 Å². The summed E-state index contributed by atoms with van der Waals surface area (Å²) in [5, 5.41) is 10.4. The fourth-order valence-electron chi connectivity index (χ4n) is 1.96. The molecular weight excluding hydrogens is 362 g/mol. The molecular formula is C10H13BrClNO3S2. The number of nitrogens with zero attached hydrogens (tertiary/aromatic N) is 1. The molecule has 1 saturated heterocycles. The van der Waals surface area contributed by atoms with Gasteiger partial charge in [0.1, 0.15) is 4.21 Å². The molecule has 0 spiro atoms. The number of hydrogen-bond donors (Lipinski definition) is 1. The Balaban J connectivity index is 2.31. The fourth-order valence-corrected chi connectivity index (χ4v) is 6.11. The second-order valence-electron chi connectivity index (χ2n) is 4.63. The van der Waals surface area contributed by atoms with Gasteiger partial charge in [-0.1, -0.05) is 11.6 Å². The lowest BCUT2D eigenvalue weighted by Crippen LogP contribution is -2.48. The van der Waals surface area contributed by atoms with E-state index in [0.717, 1.165) is 11.3 Å². The summed E-state index contributed by atoms with van der Waals surface area (Å²) in [7, 11) is -3.56. The van der Waals surface area contributed by atoms with Gasteiger partial charge < -0.3 is 5.11 Å². The molecule has 0 radical (unpaired) electrons. The molecule has 0 amide bonds. The highest BCUT2D eigenvalue weighted by Crippen LogP contribution is 2.37. The summed E-state index contributed by atoms with van der Waals surface area (Å²) in [6.45, 7) is 2.22. The lowest BCUT2D eigenvalue weighted by molar-refractivity contribution is 0.00945. The van der Waals surface area contributed by atoms with Crippen molar-refractivity contribution in [3.63, 3.8) is 0 Å². The Labute approximate surface area is 124 Å². The van der Waals surface area contributed by atoms with Crippen LogP contribution in [0.1, 0.15) is 19.8 Å². The third-order valence-corrected chi connectivity index (χ3v) is 7.63. The standard InChI is InChI=1S/C10H13BrClNO3S2/c1-10(14)3-2-4-13(6-10)18(15,16)8-5-7(12)9(11)17-8/h5,14H,2-4,6H2,1H3. The Morgan fingerprint density at radius 3 is 2.78 bits per heavy atom. The van der Waals surface area contributed by atoms with Crippen LogP contribution >= 0.6 is 38.9 Å². The zero-order chi connectivity index (χ0) is 13.6. The monoisotopic (exact) mass is 373 g/mol. The number of β-amino-alcohol motifs (C(OH)–C–C–N with tert-alkyl or cyclic N) is 1. The molecule has 8 heteroatoms. The first-order valence-corrected chi connectivity index (χ1v) is 8.82. The van der Waals surface area contributed by atoms with Crippen molar-refractivity contribution in [2.24, 2.45) is 0 Å². The van der Waals surface area contributed by atoms with Crippen molar-refractivity contribution in [2.45, 2.75) is 29.6 Å². The minimum absolute atomic E-state index is 0.127. The number of piperidine rings is 1. The molecule has 0 aromatic carbocycles. The second-order valence-corrected chi connectivity index (χ2v) is 9.57. The SMILES string of the molecule is CC1(O)CCCN(S(=O)(=O)c2cc(Cl)c(Br)s2)C1. The average Bonchev–Trinajstić information content (AvgIpc) is 2.58. The van der Waals surface area contributed by atoms with Crippen LogP contribution in [0, 0.1) is 0 Å². The lowest BCUT2D eigenvalue weighted by atomic mass is 9.97. The third kappa shape index (κ3) is 2.91. The van der Waals surface area contributed by atoms with Crippen LogP contribution in [0.25, 0.3) is 0 Å². The van der Waals surface area contributed by atoms with Crippen molar-refractivity contribution in [3.05, 3.63) is 14.9 Å². The minimum atomic E-state index is -3.56. The molecule has 0 aliphatic carbocycles. The normalized spacial score (nSPS) is 26.4. The summed E-state index contributed by atoms with van der Waals surface area (Å²) in [6.07, 6.45) is 1.28. The van der Waals surface area contributed by atoms with Gasteiger partial charge in [-0.05, 0) is 41.8 Å². The summed E-state index contributed by atoms with van der Waals surface area (Å²) in [5.41, 5.74) is -0.955. The Hall–Kier alpha value is 0.340. The summed E-state index contributed by atoms with van der Waals surface area (Å²) in [6, 6.07) is 1.44. The number of thiophene rings is 1. The van der Waals surface area contributed by atoms with E-state index in [2.05, 4.69) is 15.9 Å². The highest BCUT2D eigenvalue weighted by atomic mass is 79.9. The first-order chi connectivity index (χ1) is 8.22. The highest BCUT2D eigenvalue weighted by Gasteiger charge is 2.36. The number of aliphatic hydroxyl groups is 1. The first kappa shape index (κ1) is 14.7. The molecule has 1 aromatic heterocycles. The molecule has 1 atom stereocenters. The van der Waals surface area contributed by atoms with Crippen LogP contribution in [0.5, 0.6) is 0 Å². The molecule has 2 heterocycles. The predicted octanol–water partition coefficient (Wildman–Crippen LogP) is 2.70. The van der Waals surface area contributed by atoms with E-state index in [1.807, 2.05) is 0 Å². The maximum absolute atomic E-state index is 12.4. The van der Waals surface area contributed by atoms with E-state index in [-0.39, 0.29) is 10.8 Å². The van der Waals surface area contributed by atoms with Crippen molar-refractivity contribution in [1.29, 1.82) is 0 Å². The summed E-state index contributed by atoms with van der Waals surface area (Å²) in [5.74, 6) is 0. The van der Waals surface area contributed by atoms with Gasteiger partial charge >= 0.3 is 0 Å². The number of hydrogen-bond acceptors (Lipinski definition) is 4. The van der Waals surface area contributed by atoms with Gasteiger partial charge in [-0.25, -0.2) is 8.42 Å². The van der Waals surface area contributed by atoms with Gasteiger partial charge in [0.15, 0.2) is 0 Å². The Bertz CT molecular complexity index is 536. The minimum Gasteiger partial charge on any atom is -0.389 e. The molecule has 102 valence electrons. The molecule has 1 N–H and O–H groups in total. The van der Waals surface area contributed by atoms with Gasteiger partial charge in [-0.15, -0.1) is 11.3 Å². The molecule has 0 bridgehead atoms. The predicted molar refractivity (Wildman–Crippen MR) is 75.6 cm³/mol. The van der Waals surface area contributed by atoms with Crippen LogP contribution in [-0.2, 0) is 10.0 Å². The van der Waals surface area contributed by atoms with Gasteiger partial charge in [-0.3, -0.25) is 0 Å². The van der Waals surface area contributed by atoms with E-state index in [1.54, 1.807) is 6.92 Å². The van der Waals surface area contributed by atoms with Crippen molar-refractivity contribution < 1.29 is 13.5 Å². The van der Waals surface area contributed by atoms with Crippen LogP contribution in [0.3, 0.4) is 0 Å². The Morgan fingerprint density at radius 1 is 1.61 bits per heavy atom. The molecule has 1 aliphatic rings. The number of halogens is 2. The molecule has 1 aliphatic heterocycles. The number of sulfonamides is 1. The smallest absolute Gasteiger partial charge is 0.252 e. The van der Waals surface area contributed by atoms with Gasteiger partial charge in [0, 0.05) is 13.1 Å². The number of rotatable bonds is 2. The van der Waals surface area contributed by atoms with E-state index in [0.29, 0.717) is 28.2 Å². The molecule has 0 saturated carbocycles. The Morgan fingerprint density at radius 2 is 2.28 bits per heavy atom. The maximum Gasteiger partial charge on any atom is 0.252 e. The van der Waals surface area contributed by atoms with Crippen LogP contribution in [0.4, 0.5) is 0 Å². The third-order valence-electron chi connectivity index (χ3n) is 2.86. The zero-order valence-corrected chi connectivity index (χ0v) is 13.7. The summed E-state index contributed by atoms with van der Waals surface area (Å²) >= 11 is 10.2. The van der Waals surface area contributed by atoms with E-state index in [9.17, 15) is 13.5 Å². The fraction of sp³-hybridized carbons (Fsp3) is 0.600. The van der Waals surface area contributed by atoms with Crippen molar-refractivity contribution in [3.8, 4) is 0 Å². The van der Waals surface area contributed by atoms with Crippen molar-refractivity contribution >= 4 is 48.9 Å². The van der Waals surface area contributed by atoms with Crippen LogP contribution in [-0.4, -0.2) is 36.5 Å². The quantitative estimate of drug-likeness (QED) is 0.866. The second kappa shape index (κ2) is 5.03. The first-order valence-electron chi connectivity index (χ1n) is 5.40. The molecule has 18 heavy (non-hydrogen) atoms. The zero-order valence-electron chi connectivity index (χ0n) is 9.69. The van der Waals surface area contributed by atoms with Gasteiger partial charge in [0.2, 0.25) is 0 Å². The molecule has 2 rings (SSSR count). The van der Waals surface area contributed by atoms with Crippen LogP contribution in [0.2, 0.25) is 5.02 Å². The maximum atomic E-state index is 12.4. The molecule has 1 fully saturated rings. The van der Waals surface area contributed by atoms with Crippen molar-refractivity contribution in [2.75, 3.05) is 13.1 Å². The van der Waals surface area contributed by atoms with Gasteiger partial charge in [0.05, 0.1) is 14.4 Å². The highest BCUT2D eigenvalue weighted by molar-refractivity contribution is 9.11. The van der Waals surface area contributed by atoms with E-state index >= 15 is 0 Å². The average molecular weight is 375 g/mol. The molecule has 1 aromatic rings. The van der Waals surface area contributed by atoms with E-state index < -0.39 is 15.6 Å². The van der Waals surface area contributed by atoms with Crippen LogP contribution in [0.15, 0.2) is 14.1 Å². The summed E-state index contributed by atoms with van der Waals surface area (Å²) in [4.78, 5) is 0.